The number of imidazole rings is 1. The van der Waals surface area contributed by atoms with E-state index in [9.17, 15) is 0 Å². The van der Waals surface area contributed by atoms with Crippen LogP contribution in [0.1, 0.15) is 30.8 Å². The lowest BCUT2D eigenvalue weighted by molar-refractivity contribution is 0.295. The van der Waals surface area contributed by atoms with Gasteiger partial charge in [-0.2, -0.15) is 0 Å². The molecule has 1 saturated carbocycles. The number of nitrogens with zero attached hydrogens (tertiary/aromatic N) is 2. The molecule has 2 N–H and O–H groups in total. The maximum atomic E-state index is 6.26. The summed E-state index contributed by atoms with van der Waals surface area (Å²) in [6.45, 7) is 2.93. The molecule has 4 heteroatoms. The summed E-state index contributed by atoms with van der Waals surface area (Å²) in [5, 5.41) is 0.805. The first-order valence-corrected chi connectivity index (χ1v) is 5.98. The highest BCUT2D eigenvalue weighted by atomic mass is 35.5. The van der Waals surface area contributed by atoms with Gasteiger partial charge in [0.15, 0.2) is 0 Å². The second-order valence-corrected chi connectivity index (χ2v) is 5.34. The molecule has 1 aromatic rings. The largest absolute Gasteiger partial charge is 0.325 e. The van der Waals surface area contributed by atoms with Crippen molar-refractivity contribution in [3.63, 3.8) is 0 Å². The summed E-state index contributed by atoms with van der Waals surface area (Å²) >= 11 is 6.22. The molecule has 0 amide bonds. The summed E-state index contributed by atoms with van der Waals surface area (Å²) in [5.41, 5.74) is 7.32. The van der Waals surface area contributed by atoms with E-state index in [4.69, 9.17) is 17.3 Å². The van der Waals surface area contributed by atoms with E-state index in [0.29, 0.717) is 5.92 Å². The molecule has 82 valence electrons. The van der Waals surface area contributed by atoms with Crippen LogP contribution >= 0.6 is 11.6 Å². The number of hydrogen-bond acceptors (Lipinski definition) is 2. The average molecular weight is 226 g/mol. The number of hydrogen-bond donors (Lipinski definition) is 1. The van der Waals surface area contributed by atoms with Gasteiger partial charge in [0.25, 0.3) is 0 Å². The fraction of sp³-hybridized carbons (Fsp3) is 0.727. The van der Waals surface area contributed by atoms with Gasteiger partial charge in [0.2, 0.25) is 0 Å². The van der Waals surface area contributed by atoms with Crippen molar-refractivity contribution in [2.45, 2.75) is 44.7 Å². The summed E-state index contributed by atoms with van der Waals surface area (Å²) in [5.74, 6) is 1.73. The van der Waals surface area contributed by atoms with E-state index in [-0.39, 0.29) is 5.54 Å². The van der Waals surface area contributed by atoms with E-state index in [0.717, 1.165) is 29.6 Å². The number of rotatable bonds is 1. The third-order valence-electron chi connectivity index (χ3n) is 3.90. The van der Waals surface area contributed by atoms with Crippen molar-refractivity contribution in [3.05, 3.63) is 16.7 Å². The van der Waals surface area contributed by atoms with Crippen LogP contribution in [0.3, 0.4) is 0 Å². The molecule has 0 radical (unpaired) electrons. The van der Waals surface area contributed by atoms with Crippen molar-refractivity contribution in [2.75, 3.05) is 0 Å². The Morgan fingerprint density at radius 3 is 2.93 bits per heavy atom. The number of aryl methyl sites for hydroxylation is 2. The van der Waals surface area contributed by atoms with Crippen LogP contribution in [0.5, 0.6) is 0 Å². The molecule has 15 heavy (non-hydrogen) atoms. The lowest BCUT2D eigenvalue weighted by Crippen LogP contribution is -2.38. The predicted octanol–water partition coefficient (Wildman–Crippen LogP) is 1.90. The zero-order valence-electron chi connectivity index (χ0n) is 8.96. The molecule has 0 bridgehead atoms. The van der Waals surface area contributed by atoms with Crippen LogP contribution in [0.15, 0.2) is 0 Å². The molecule has 0 spiro atoms. The van der Waals surface area contributed by atoms with E-state index in [1.165, 1.54) is 19.3 Å². The summed E-state index contributed by atoms with van der Waals surface area (Å²) < 4.78 is 2.15. The molecule has 0 aromatic carbocycles. The van der Waals surface area contributed by atoms with Crippen LogP contribution in [-0.4, -0.2) is 15.1 Å². The normalized spacial score (nSPS) is 27.5. The standard InChI is InChI=1S/C11H16ClN3/c1-7-10(12)15-6-8(11(13)4-5-11)2-3-9(15)14-7/h8H,2-6,13H2,1H3. The lowest BCUT2D eigenvalue weighted by Gasteiger charge is -2.29. The molecular weight excluding hydrogens is 210 g/mol. The van der Waals surface area contributed by atoms with Crippen LogP contribution in [0.25, 0.3) is 0 Å². The van der Waals surface area contributed by atoms with Crippen LogP contribution in [-0.2, 0) is 13.0 Å². The van der Waals surface area contributed by atoms with Crippen molar-refractivity contribution in [1.29, 1.82) is 0 Å². The molecule has 3 nitrogen and oxygen atoms in total. The minimum Gasteiger partial charge on any atom is -0.325 e. The number of halogens is 1. The van der Waals surface area contributed by atoms with Gasteiger partial charge in [0, 0.05) is 18.5 Å². The number of fused-ring (bicyclic) bond motifs is 1. The topological polar surface area (TPSA) is 43.8 Å². The van der Waals surface area contributed by atoms with Crippen molar-refractivity contribution >= 4 is 11.6 Å². The van der Waals surface area contributed by atoms with Gasteiger partial charge < -0.3 is 10.3 Å². The lowest BCUT2D eigenvalue weighted by atomic mass is 9.90. The molecule has 3 rings (SSSR count). The van der Waals surface area contributed by atoms with E-state index in [1.807, 2.05) is 6.92 Å². The fourth-order valence-corrected chi connectivity index (χ4v) is 2.83. The van der Waals surface area contributed by atoms with Gasteiger partial charge in [-0.05, 0) is 32.1 Å². The Balaban J connectivity index is 1.92. The van der Waals surface area contributed by atoms with Gasteiger partial charge in [0.1, 0.15) is 11.0 Å². The van der Waals surface area contributed by atoms with Gasteiger partial charge >= 0.3 is 0 Å². The highest BCUT2D eigenvalue weighted by molar-refractivity contribution is 6.30. The first kappa shape index (κ1) is 9.67. The quantitative estimate of drug-likeness (QED) is 0.794. The zero-order chi connectivity index (χ0) is 10.6. The van der Waals surface area contributed by atoms with Crippen molar-refractivity contribution in [3.8, 4) is 0 Å². The first-order valence-electron chi connectivity index (χ1n) is 5.60. The average Bonchev–Trinajstić information content (AvgIpc) is 2.90. The Bertz CT molecular complexity index is 406. The fourth-order valence-electron chi connectivity index (χ4n) is 2.62. The maximum absolute atomic E-state index is 6.26. The molecule has 1 atom stereocenters. The van der Waals surface area contributed by atoms with Crippen LogP contribution in [0.2, 0.25) is 5.15 Å². The van der Waals surface area contributed by atoms with Crippen molar-refractivity contribution < 1.29 is 0 Å². The summed E-state index contributed by atoms with van der Waals surface area (Å²) in [6, 6.07) is 0. The second-order valence-electron chi connectivity index (χ2n) is 4.98. The van der Waals surface area contributed by atoms with Crippen LogP contribution in [0, 0.1) is 12.8 Å². The van der Waals surface area contributed by atoms with Gasteiger partial charge in [0.05, 0.1) is 5.69 Å². The monoisotopic (exact) mass is 225 g/mol. The maximum Gasteiger partial charge on any atom is 0.131 e. The number of nitrogens with two attached hydrogens (primary N) is 1. The third-order valence-corrected chi connectivity index (χ3v) is 4.38. The van der Waals surface area contributed by atoms with Gasteiger partial charge in [-0.1, -0.05) is 11.6 Å². The molecule has 1 aromatic heterocycles. The molecule has 1 aliphatic carbocycles. The van der Waals surface area contributed by atoms with E-state index in [2.05, 4.69) is 9.55 Å². The third kappa shape index (κ3) is 1.41. The van der Waals surface area contributed by atoms with Gasteiger partial charge in [-0.25, -0.2) is 4.98 Å². The molecule has 1 fully saturated rings. The number of aromatic nitrogens is 2. The SMILES string of the molecule is Cc1nc2n(c1Cl)CC(C1(N)CC1)CC2. The Morgan fingerprint density at radius 1 is 1.53 bits per heavy atom. The summed E-state index contributed by atoms with van der Waals surface area (Å²) in [6.07, 6.45) is 4.55. The zero-order valence-corrected chi connectivity index (χ0v) is 9.72. The van der Waals surface area contributed by atoms with Crippen molar-refractivity contribution in [1.82, 2.24) is 9.55 Å². The van der Waals surface area contributed by atoms with E-state index in [1.54, 1.807) is 0 Å². The molecule has 2 aliphatic rings. The van der Waals surface area contributed by atoms with Crippen LogP contribution in [0.4, 0.5) is 0 Å². The first-order chi connectivity index (χ1) is 7.10. The Labute approximate surface area is 94.6 Å². The van der Waals surface area contributed by atoms with Crippen LogP contribution < -0.4 is 5.73 Å². The summed E-state index contributed by atoms with van der Waals surface area (Å²) in [4.78, 5) is 4.48. The molecule has 1 aliphatic heterocycles. The molecule has 0 saturated heterocycles. The summed E-state index contributed by atoms with van der Waals surface area (Å²) in [7, 11) is 0. The van der Waals surface area contributed by atoms with E-state index >= 15 is 0 Å². The Hall–Kier alpha value is -0.540. The Kier molecular flexibility index (Phi) is 1.92. The highest BCUT2D eigenvalue weighted by Crippen LogP contribution is 2.44. The Morgan fingerprint density at radius 2 is 2.27 bits per heavy atom. The second kappa shape index (κ2) is 2.98. The minimum absolute atomic E-state index is 0.110. The predicted molar refractivity (Wildman–Crippen MR) is 59.9 cm³/mol. The molecule has 2 heterocycles. The molecular formula is C11H16ClN3. The van der Waals surface area contributed by atoms with Crippen molar-refractivity contribution in [2.24, 2.45) is 11.7 Å². The van der Waals surface area contributed by atoms with Gasteiger partial charge in [-0.3, -0.25) is 0 Å². The smallest absolute Gasteiger partial charge is 0.131 e. The highest BCUT2D eigenvalue weighted by Gasteiger charge is 2.46. The molecule has 1 unspecified atom stereocenters. The van der Waals surface area contributed by atoms with E-state index < -0.39 is 0 Å². The van der Waals surface area contributed by atoms with Gasteiger partial charge in [-0.15, -0.1) is 0 Å². The minimum atomic E-state index is 0.110.